The lowest BCUT2D eigenvalue weighted by Gasteiger charge is -2.31. The number of hydrogen-bond donors (Lipinski definition) is 1. The Morgan fingerprint density at radius 3 is 2.38 bits per heavy atom. The first-order chi connectivity index (χ1) is 11.8. The summed E-state index contributed by atoms with van der Waals surface area (Å²) in [5, 5.41) is 2.40. The molecule has 124 valence electrons. The third kappa shape index (κ3) is 3.08. The number of para-hydroxylation sites is 1. The summed E-state index contributed by atoms with van der Waals surface area (Å²) >= 11 is 0. The Balaban J connectivity index is 2.15. The molecule has 3 nitrogen and oxygen atoms in total. The molecule has 3 rings (SSSR count). The van der Waals surface area contributed by atoms with Crippen LogP contribution in [-0.2, 0) is 0 Å². The third-order valence-electron chi connectivity index (χ3n) is 4.42. The molecule has 1 atom stereocenters. The Bertz CT molecular complexity index is 801. The highest BCUT2D eigenvalue weighted by Gasteiger charge is 2.22. The van der Waals surface area contributed by atoms with E-state index >= 15 is 0 Å². The number of nitrogens with two attached hydrogens (primary N) is 1. The number of hydrogen-bond acceptors (Lipinski definition) is 3. The first-order valence-electron chi connectivity index (χ1n) is 8.38. The molecule has 0 aliphatic carbocycles. The van der Waals surface area contributed by atoms with Gasteiger partial charge < -0.3 is 15.4 Å². The number of nitrogens with zero attached hydrogens (tertiary/aromatic N) is 1. The predicted octanol–water partition coefficient (Wildman–Crippen LogP) is 4.37. The molecular weight excluding hydrogens is 296 g/mol. The Labute approximate surface area is 143 Å². The van der Waals surface area contributed by atoms with Crippen LogP contribution in [0.25, 0.3) is 10.8 Å². The summed E-state index contributed by atoms with van der Waals surface area (Å²) < 4.78 is 5.93. The number of anilines is 1. The normalized spacial score (nSPS) is 12.1. The second-order valence-electron chi connectivity index (χ2n) is 5.83. The average molecular weight is 320 g/mol. The molecule has 0 radical (unpaired) electrons. The maximum Gasteiger partial charge on any atom is 0.125 e. The van der Waals surface area contributed by atoms with Gasteiger partial charge in [0.15, 0.2) is 0 Å². The quantitative estimate of drug-likeness (QED) is 0.733. The van der Waals surface area contributed by atoms with E-state index < -0.39 is 0 Å². The van der Waals surface area contributed by atoms with Gasteiger partial charge in [0.2, 0.25) is 0 Å². The SMILES string of the molecule is CCOc1ccc2ccccc2c1C(CN)N(C)c1ccccc1. The van der Waals surface area contributed by atoms with Crippen LogP contribution in [0.1, 0.15) is 18.5 Å². The molecule has 1 unspecified atom stereocenters. The van der Waals surface area contributed by atoms with Crippen LogP contribution >= 0.6 is 0 Å². The van der Waals surface area contributed by atoms with E-state index in [1.54, 1.807) is 0 Å². The summed E-state index contributed by atoms with van der Waals surface area (Å²) in [6.07, 6.45) is 0. The Kier molecular flexibility index (Phi) is 5.02. The molecule has 0 aliphatic heterocycles. The fraction of sp³-hybridized carbons (Fsp3) is 0.238. The molecule has 0 saturated heterocycles. The van der Waals surface area contributed by atoms with E-state index in [9.17, 15) is 0 Å². The molecular formula is C21H24N2O. The highest BCUT2D eigenvalue weighted by Crippen LogP contribution is 2.37. The van der Waals surface area contributed by atoms with Gasteiger partial charge >= 0.3 is 0 Å². The van der Waals surface area contributed by atoms with Crippen LogP contribution in [0.4, 0.5) is 5.69 Å². The third-order valence-corrected chi connectivity index (χ3v) is 4.42. The molecule has 0 bridgehead atoms. The zero-order chi connectivity index (χ0) is 16.9. The van der Waals surface area contributed by atoms with Gasteiger partial charge in [-0.25, -0.2) is 0 Å². The second kappa shape index (κ2) is 7.37. The molecule has 0 saturated carbocycles. The standard InChI is InChI=1S/C21H24N2O/c1-3-24-20-14-13-16-9-7-8-12-18(16)21(20)19(15-22)23(2)17-10-5-4-6-11-17/h4-14,19H,3,15,22H2,1-2H3. The van der Waals surface area contributed by atoms with Gasteiger partial charge in [0, 0.05) is 24.8 Å². The summed E-state index contributed by atoms with van der Waals surface area (Å²) in [7, 11) is 2.09. The average Bonchev–Trinajstić information content (AvgIpc) is 2.64. The van der Waals surface area contributed by atoms with Crippen LogP contribution in [0.5, 0.6) is 5.75 Å². The topological polar surface area (TPSA) is 38.5 Å². The van der Waals surface area contributed by atoms with E-state index in [0.717, 1.165) is 17.0 Å². The van der Waals surface area contributed by atoms with Crippen LogP contribution in [0.2, 0.25) is 0 Å². The van der Waals surface area contributed by atoms with Gasteiger partial charge in [-0.15, -0.1) is 0 Å². The van der Waals surface area contributed by atoms with E-state index in [0.29, 0.717) is 13.2 Å². The summed E-state index contributed by atoms with van der Waals surface area (Å²) in [5.41, 5.74) is 8.50. The van der Waals surface area contributed by atoms with Gasteiger partial charge in [-0.05, 0) is 35.9 Å². The van der Waals surface area contributed by atoms with Crippen molar-refractivity contribution in [1.82, 2.24) is 0 Å². The van der Waals surface area contributed by atoms with Crippen molar-refractivity contribution in [3.63, 3.8) is 0 Å². The Morgan fingerprint density at radius 1 is 0.958 bits per heavy atom. The minimum Gasteiger partial charge on any atom is -0.493 e. The van der Waals surface area contributed by atoms with Gasteiger partial charge in [-0.3, -0.25) is 0 Å². The summed E-state index contributed by atoms with van der Waals surface area (Å²) in [6, 6.07) is 22.9. The molecule has 2 N–H and O–H groups in total. The van der Waals surface area contributed by atoms with Gasteiger partial charge in [-0.1, -0.05) is 48.5 Å². The van der Waals surface area contributed by atoms with E-state index in [1.807, 2.05) is 25.1 Å². The molecule has 0 heterocycles. The van der Waals surface area contributed by atoms with Crippen LogP contribution in [0.15, 0.2) is 66.7 Å². The fourth-order valence-electron chi connectivity index (χ4n) is 3.21. The molecule has 0 fully saturated rings. The lowest BCUT2D eigenvalue weighted by Crippen LogP contribution is -2.31. The van der Waals surface area contributed by atoms with E-state index in [-0.39, 0.29) is 6.04 Å². The maximum absolute atomic E-state index is 6.20. The highest BCUT2D eigenvalue weighted by atomic mass is 16.5. The van der Waals surface area contributed by atoms with Crippen LogP contribution in [0, 0.1) is 0 Å². The highest BCUT2D eigenvalue weighted by molar-refractivity contribution is 5.88. The van der Waals surface area contributed by atoms with Gasteiger partial charge in [-0.2, -0.15) is 0 Å². The van der Waals surface area contributed by atoms with Crippen LogP contribution in [-0.4, -0.2) is 20.2 Å². The molecule has 3 aromatic carbocycles. The van der Waals surface area contributed by atoms with Crippen molar-refractivity contribution >= 4 is 16.5 Å². The van der Waals surface area contributed by atoms with Crippen molar-refractivity contribution in [3.05, 3.63) is 72.3 Å². The van der Waals surface area contributed by atoms with Crippen LogP contribution < -0.4 is 15.4 Å². The van der Waals surface area contributed by atoms with Crippen molar-refractivity contribution < 1.29 is 4.74 Å². The van der Waals surface area contributed by atoms with Gasteiger partial charge in [0.05, 0.1) is 12.6 Å². The number of fused-ring (bicyclic) bond motifs is 1. The fourth-order valence-corrected chi connectivity index (χ4v) is 3.21. The zero-order valence-corrected chi connectivity index (χ0v) is 14.3. The predicted molar refractivity (Wildman–Crippen MR) is 102 cm³/mol. The van der Waals surface area contributed by atoms with Gasteiger partial charge in [0.1, 0.15) is 5.75 Å². The number of likely N-dealkylation sites (N-methyl/N-ethyl adjacent to an activating group) is 1. The number of ether oxygens (including phenoxy) is 1. The van der Waals surface area contributed by atoms with Crippen LogP contribution in [0.3, 0.4) is 0 Å². The summed E-state index contributed by atoms with van der Waals surface area (Å²) in [5.74, 6) is 0.912. The van der Waals surface area contributed by atoms with Crippen molar-refractivity contribution in [2.75, 3.05) is 25.1 Å². The second-order valence-corrected chi connectivity index (χ2v) is 5.83. The molecule has 0 aromatic heterocycles. The van der Waals surface area contributed by atoms with Crippen molar-refractivity contribution in [2.24, 2.45) is 5.73 Å². The smallest absolute Gasteiger partial charge is 0.125 e. The molecule has 0 amide bonds. The molecule has 3 heteroatoms. The zero-order valence-electron chi connectivity index (χ0n) is 14.3. The summed E-state index contributed by atoms with van der Waals surface area (Å²) in [4.78, 5) is 2.23. The molecule has 3 aromatic rings. The monoisotopic (exact) mass is 320 g/mol. The Hall–Kier alpha value is -2.52. The first kappa shape index (κ1) is 16.3. The minimum atomic E-state index is 0.0417. The van der Waals surface area contributed by atoms with Crippen molar-refractivity contribution in [2.45, 2.75) is 13.0 Å². The van der Waals surface area contributed by atoms with Crippen molar-refractivity contribution in [3.8, 4) is 5.75 Å². The minimum absolute atomic E-state index is 0.0417. The molecule has 24 heavy (non-hydrogen) atoms. The number of rotatable bonds is 6. The lowest BCUT2D eigenvalue weighted by atomic mass is 9.96. The van der Waals surface area contributed by atoms with E-state index in [4.69, 9.17) is 10.5 Å². The molecule has 0 spiro atoms. The first-order valence-corrected chi connectivity index (χ1v) is 8.38. The Morgan fingerprint density at radius 2 is 1.67 bits per heavy atom. The molecule has 0 aliphatic rings. The maximum atomic E-state index is 6.20. The van der Waals surface area contributed by atoms with Crippen molar-refractivity contribution in [1.29, 1.82) is 0 Å². The largest absolute Gasteiger partial charge is 0.493 e. The van der Waals surface area contributed by atoms with E-state index in [2.05, 4.69) is 60.5 Å². The number of benzene rings is 3. The summed E-state index contributed by atoms with van der Waals surface area (Å²) in [6.45, 7) is 3.16. The van der Waals surface area contributed by atoms with Gasteiger partial charge in [0.25, 0.3) is 0 Å². The van der Waals surface area contributed by atoms with E-state index in [1.165, 1.54) is 10.8 Å². The lowest BCUT2D eigenvalue weighted by molar-refractivity contribution is 0.334.